The minimum Gasteiger partial charge on any atom is -0.507 e. The number of phenols is 2. The Morgan fingerprint density at radius 1 is 0.595 bits per heavy atom. The monoisotopic (exact) mass is 508 g/mol. The highest BCUT2D eigenvalue weighted by atomic mass is 16.3. The highest BCUT2D eigenvalue weighted by molar-refractivity contribution is 5.50. The van der Waals surface area contributed by atoms with E-state index < -0.39 is 0 Å². The van der Waals surface area contributed by atoms with E-state index >= 15 is 0 Å². The third kappa shape index (κ3) is 7.55. The summed E-state index contributed by atoms with van der Waals surface area (Å²) >= 11 is 0. The number of hydrogen-bond acceptors (Lipinski definition) is 2. The van der Waals surface area contributed by atoms with Gasteiger partial charge >= 0.3 is 0 Å². The van der Waals surface area contributed by atoms with Crippen LogP contribution in [-0.4, -0.2) is 10.2 Å². The highest BCUT2D eigenvalue weighted by Crippen LogP contribution is 2.42. The lowest BCUT2D eigenvalue weighted by Crippen LogP contribution is -2.17. The van der Waals surface area contributed by atoms with Gasteiger partial charge in [-0.1, -0.05) is 99.9 Å². The standard InChI is InChI=1S/C35H56O2/c1-11-24(5)28-20-26(22-30(32(28)36)34(7,8)13-3)18-16-15-17-19-27-21-29(25(6)12-2)33(37)31(23-27)35(9,10)14-4/h20-25,36-37H,11-19H2,1-10H3. The number of hydrogen-bond donors (Lipinski definition) is 2. The van der Waals surface area contributed by atoms with E-state index in [-0.39, 0.29) is 10.8 Å². The van der Waals surface area contributed by atoms with Crippen molar-refractivity contribution in [2.24, 2.45) is 0 Å². The lowest BCUT2D eigenvalue weighted by Gasteiger charge is -2.28. The third-order valence-corrected chi connectivity index (χ3v) is 9.34. The highest BCUT2D eigenvalue weighted by Gasteiger charge is 2.27. The minimum absolute atomic E-state index is 0.0293. The molecule has 2 rings (SSSR count). The molecule has 2 unspecified atom stereocenters. The summed E-state index contributed by atoms with van der Waals surface area (Å²) in [6.45, 7) is 22.2. The van der Waals surface area contributed by atoms with Crippen molar-refractivity contribution in [3.63, 3.8) is 0 Å². The lowest BCUT2D eigenvalue weighted by atomic mass is 9.78. The average Bonchev–Trinajstić information content (AvgIpc) is 2.88. The maximum atomic E-state index is 11.1. The van der Waals surface area contributed by atoms with Crippen LogP contribution in [-0.2, 0) is 23.7 Å². The van der Waals surface area contributed by atoms with Crippen LogP contribution in [0.4, 0.5) is 0 Å². The second-order valence-electron chi connectivity index (χ2n) is 12.8. The number of aryl methyl sites for hydroxylation is 2. The molecular weight excluding hydrogens is 452 g/mol. The summed E-state index contributed by atoms with van der Waals surface area (Å²) in [7, 11) is 0. The first-order chi connectivity index (χ1) is 17.3. The normalized spacial score (nSPS) is 14.1. The Kier molecular flexibility index (Phi) is 11.2. The summed E-state index contributed by atoms with van der Waals surface area (Å²) < 4.78 is 0. The fourth-order valence-electron chi connectivity index (χ4n) is 5.17. The van der Waals surface area contributed by atoms with Crippen molar-refractivity contribution in [2.45, 2.75) is 150 Å². The SMILES string of the molecule is CCC(C)c1cc(CCCCCc2cc(C(C)CC)c(O)c(C(C)(C)CC)c2)cc(C(C)(C)CC)c1O. The first-order valence-corrected chi connectivity index (χ1v) is 15.0. The molecule has 0 spiro atoms. The van der Waals surface area contributed by atoms with Crippen LogP contribution in [0, 0.1) is 0 Å². The number of rotatable bonds is 14. The smallest absolute Gasteiger partial charge is 0.122 e. The van der Waals surface area contributed by atoms with Crippen molar-refractivity contribution in [1.82, 2.24) is 0 Å². The van der Waals surface area contributed by atoms with Crippen molar-refractivity contribution in [3.05, 3.63) is 57.6 Å². The molecule has 0 radical (unpaired) electrons. The summed E-state index contributed by atoms with van der Waals surface area (Å²) in [5, 5.41) is 22.2. The van der Waals surface area contributed by atoms with Crippen molar-refractivity contribution >= 4 is 0 Å². The predicted molar refractivity (Wildman–Crippen MR) is 162 cm³/mol. The molecule has 208 valence electrons. The van der Waals surface area contributed by atoms with Gasteiger partial charge in [-0.15, -0.1) is 0 Å². The maximum Gasteiger partial charge on any atom is 0.122 e. The summed E-state index contributed by atoms with van der Waals surface area (Å²) in [6.07, 6.45) is 9.67. The molecule has 0 aliphatic heterocycles. The molecule has 2 heteroatoms. The summed E-state index contributed by atoms with van der Waals surface area (Å²) in [4.78, 5) is 0. The van der Waals surface area contributed by atoms with E-state index in [9.17, 15) is 10.2 Å². The maximum absolute atomic E-state index is 11.1. The van der Waals surface area contributed by atoms with E-state index in [1.807, 2.05) is 0 Å². The number of unbranched alkanes of at least 4 members (excludes halogenated alkanes) is 2. The quantitative estimate of drug-likeness (QED) is 0.249. The second kappa shape index (κ2) is 13.2. The van der Waals surface area contributed by atoms with Crippen LogP contribution in [0.25, 0.3) is 0 Å². The van der Waals surface area contributed by atoms with E-state index in [1.165, 1.54) is 17.5 Å². The Balaban J connectivity index is 2.16. The van der Waals surface area contributed by atoms with Gasteiger partial charge in [0.15, 0.2) is 0 Å². The molecule has 0 aromatic heterocycles. The van der Waals surface area contributed by atoms with Crippen molar-refractivity contribution in [3.8, 4) is 11.5 Å². The topological polar surface area (TPSA) is 40.5 Å². The van der Waals surface area contributed by atoms with Crippen LogP contribution in [0.5, 0.6) is 11.5 Å². The first kappa shape index (κ1) is 31.3. The number of phenolic OH excluding ortho intramolecular Hbond substituents is 2. The van der Waals surface area contributed by atoms with Crippen LogP contribution in [0.15, 0.2) is 24.3 Å². The molecule has 0 fully saturated rings. The van der Waals surface area contributed by atoms with Crippen molar-refractivity contribution in [1.29, 1.82) is 0 Å². The Hall–Kier alpha value is -1.96. The van der Waals surface area contributed by atoms with Crippen molar-refractivity contribution < 1.29 is 10.2 Å². The zero-order chi connectivity index (χ0) is 28.0. The van der Waals surface area contributed by atoms with Crippen LogP contribution in [0.1, 0.15) is 159 Å². The fourth-order valence-corrected chi connectivity index (χ4v) is 5.17. The summed E-state index contributed by atoms with van der Waals surface area (Å²) in [5.74, 6) is 1.75. The van der Waals surface area contributed by atoms with Gasteiger partial charge < -0.3 is 10.2 Å². The van der Waals surface area contributed by atoms with Crippen molar-refractivity contribution in [2.75, 3.05) is 0 Å². The lowest BCUT2D eigenvalue weighted by molar-refractivity contribution is 0.418. The summed E-state index contributed by atoms with van der Waals surface area (Å²) in [6, 6.07) is 9.05. The summed E-state index contributed by atoms with van der Waals surface area (Å²) in [5.41, 5.74) is 7.11. The van der Waals surface area contributed by atoms with Crippen LogP contribution in [0.2, 0.25) is 0 Å². The third-order valence-electron chi connectivity index (χ3n) is 9.34. The number of aromatic hydroxyl groups is 2. The number of benzene rings is 2. The fraction of sp³-hybridized carbons (Fsp3) is 0.657. The molecule has 2 N–H and O–H groups in total. The molecule has 37 heavy (non-hydrogen) atoms. The molecule has 0 saturated carbocycles. The molecule has 2 aromatic carbocycles. The molecule has 2 aromatic rings. The Morgan fingerprint density at radius 3 is 1.24 bits per heavy atom. The van der Waals surface area contributed by atoms with E-state index in [0.717, 1.165) is 73.6 Å². The van der Waals surface area contributed by atoms with E-state index in [0.29, 0.717) is 23.3 Å². The molecule has 2 atom stereocenters. The van der Waals surface area contributed by atoms with Gasteiger partial charge in [0, 0.05) is 11.1 Å². The molecule has 0 aliphatic rings. The van der Waals surface area contributed by atoms with Gasteiger partial charge in [-0.05, 0) is 96.3 Å². The molecule has 2 nitrogen and oxygen atoms in total. The Bertz CT molecular complexity index is 933. The van der Waals surface area contributed by atoms with E-state index in [1.54, 1.807) is 0 Å². The molecular formula is C35H56O2. The van der Waals surface area contributed by atoms with Gasteiger partial charge in [-0.3, -0.25) is 0 Å². The minimum atomic E-state index is -0.0293. The predicted octanol–water partition coefficient (Wildman–Crippen LogP) is 10.5. The van der Waals surface area contributed by atoms with E-state index in [2.05, 4.69) is 93.5 Å². The molecule has 0 amide bonds. The zero-order valence-electron chi connectivity index (χ0n) is 25.7. The molecule has 0 aliphatic carbocycles. The Labute approximate surface area is 228 Å². The first-order valence-electron chi connectivity index (χ1n) is 15.0. The van der Waals surface area contributed by atoms with Gasteiger partial charge in [-0.25, -0.2) is 0 Å². The van der Waals surface area contributed by atoms with Crippen LogP contribution in [0.3, 0.4) is 0 Å². The van der Waals surface area contributed by atoms with Crippen LogP contribution >= 0.6 is 0 Å². The average molecular weight is 509 g/mol. The second-order valence-corrected chi connectivity index (χ2v) is 12.8. The molecule has 0 heterocycles. The van der Waals surface area contributed by atoms with Gasteiger partial charge in [0.25, 0.3) is 0 Å². The van der Waals surface area contributed by atoms with Gasteiger partial charge in [0.1, 0.15) is 11.5 Å². The van der Waals surface area contributed by atoms with Gasteiger partial charge in [0.2, 0.25) is 0 Å². The van der Waals surface area contributed by atoms with Gasteiger partial charge in [-0.2, -0.15) is 0 Å². The van der Waals surface area contributed by atoms with Gasteiger partial charge in [0.05, 0.1) is 0 Å². The molecule has 0 bridgehead atoms. The zero-order valence-corrected chi connectivity index (χ0v) is 25.7. The van der Waals surface area contributed by atoms with Crippen LogP contribution < -0.4 is 0 Å². The Morgan fingerprint density at radius 2 is 0.946 bits per heavy atom. The largest absolute Gasteiger partial charge is 0.507 e. The van der Waals surface area contributed by atoms with E-state index in [4.69, 9.17) is 0 Å². The molecule has 0 saturated heterocycles.